The summed E-state index contributed by atoms with van der Waals surface area (Å²) in [6.07, 6.45) is 2.08. The highest BCUT2D eigenvalue weighted by Crippen LogP contribution is 2.12. The number of aromatic nitrogens is 1. The lowest BCUT2D eigenvalue weighted by atomic mass is 10.2. The Labute approximate surface area is 186 Å². The van der Waals surface area contributed by atoms with Crippen LogP contribution in [0.25, 0.3) is 0 Å². The highest BCUT2D eigenvalue weighted by atomic mass is 32.2. The maximum absolute atomic E-state index is 12.1. The maximum Gasteiger partial charge on any atom is 0.407 e. The summed E-state index contributed by atoms with van der Waals surface area (Å²) in [5.74, 6) is 0.0781. The molecule has 1 aromatic heterocycles. The third kappa shape index (κ3) is 8.41. The predicted molar refractivity (Wildman–Crippen MR) is 116 cm³/mol. The van der Waals surface area contributed by atoms with Crippen LogP contribution < -0.4 is 16.1 Å². The molecule has 0 bridgehead atoms. The van der Waals surface area contributed by atoms with Crippen molar-refractivity contribution in [3.63, 3.8) is 0 Å². The lowest BCUT2D eigenvalue weighted by Gasteiger charge is -2.19. The van der Waals surface area contributed by atoms with Crippen LogP contribution in [0, 0.1) is 0 Å². The molecule has 5 N–H and O–H groups in total. The molecule has 1 aromatic carbocycles. The Morgan fingerprint density at radius 1 is 1.16 bits per heavy atom. The molecule has 0 saturated carbocycles. The lowest BCUT2D eigenvalue weighted by molar-refractivity contribution is -0.580. The second-order valence-corrected chi connectivity index (χ2v) is 8.97. The SMILES string of the molecule is CC(C)(C)OC(=O)NCCNC(=O)c1ccc([NH2+]/N=C/c2ccccc2S(=O)(=O)O)nc1. The van der Waals surface area contributed by atoms with Crippen LogP contribution in [0.4, 0.5) is 10.6 Å². The zero-order valence-electron chi connectivity index (χ0n) is 17.9. The highest BCUT2D eigenvalue weighted by molar-refractivity contribution is 7.86. The first-order valence-corrected chi connectivity index (χ1v) is 11.0. The highest BCUT2D eigenvalue weighted by Gasteiger charge is 2.16. The van der Waals surface area contributed by atoms with Crippen molar-refractivity contribution in [3.05, 3.63) is 53.7 Å². The molecule has 0 aliphatic carbocycles. The Kier molecular flexibility index (Phi) is 8.41. The van der Waals surface area contributed by atoms with Crippen LogP contribution in [0.3, 0.4) is 0 Å². The standard InChI is InChI=1S/C20H25N5O6S/c1-20(2,3)31-19(27)22-11-10-21-18(26)15-8-9-17(23-12-15)25-24-13-14-6-4-5-7-16(14)32(28,29)30/h4-9,12-13H,10-11H2,1-3H3,(H,21,26)(H,22,27)(H,23,25)(H,28,29,30)/p+1/b24-13+. The minimum absolute atomic E-state index is 0.208. The lowest BCUT2D eigenvalue weighted by Crippen LogP contribution is -2.71. The molecular formula is C20H26N5O6S+. The summed E-state index contributed by atoms with van der Waals surface area (Å²) < 4.78 is 37.1. The van der Waals surface area contributed by atoms with Gasteiger partial charge in [0.15, 0.2) is 0 Å². The van der Waals surface area contributed by atoms with Gasteiger partial charge >= 0.3 is 6.09 Å². The number of nitrogens with zero attached hydrogens (tertiary/aromatic N) is 2. The first-order valence-electron chi connectivity index (χ1n) is 9.60. The molecule has 0 fully saturated rings. The average molecular weight is 465 g/mol. The van der Waals surface area contributed by atoms with Gasteiger partial charge in [-0.05, 0) is 32.9 Å². The van der Waals surface area contributed by atoms with E-state index in [1.165, 1.54) is 36.0 Å². The van der Waals surface area contributed by atoms with Gasteiger partial charge in [-0.25, -0.2) is 9.78 Å². The number of quaternary nitrogens is 1. The number of rotatable bonds is 8. The number of pyridine rings is 1. The van der Waals surface area contributed by atoms with Crippen molar-refractivity contribution in [2.24, 2.45) is 5.10 Å². The smallest absolute Gasteiger partial charge is 0.407 e. The Balaban J connectivity index is 1.84. The Hall–Kier alpha value is -3.35. The van der Waals surface area contributed by atoms with E-state index in [1.807, 2.05) is 0 Å². The first kappa shape index (κ1) is 24.9. The van der Waals surface area contributed by atoms with Gasteiger partial charge in [0.1, 0.15) is 10.5 Å². The van der Waals surface area contributed by atoms with Gasteiger partial charge in [0, 0.05) is 30.9 Å². The van der Waals surface area contributed by atoms with Crippen LogP contribution >= 0.6 is 0 Å². The number of hydrogen-bond donors (Lipinski definition) is 4. The molecular weight excluding hydrogens is 438 g/mol. The van der Waals surface area contributed by atoms with E-state index >= 15 is 0 Å². The molecule has 0 radical (unpaired) electrons. The van der Waals surface area contributed by atoms with Crippen molar-refractivity contribution in [1.29, 1.82) is 0 Å². The van der Waals surface area contributed by atoms with Crippen molar-refractivity contribution in [1.82, 2.24) is 15.6 Å². The van der Waals surface area contributed by atoms with E-state index < -0.39 is 21.8 Å². The Morgan fingerprint density at radius 3 is 2.47 bits per heavy atom. The second kappa shape index (κ2) is 10.8. The molecule has 0 spiro atoms. The van der Waals surface area contributed by atoms with E-state index in [4.69, 9.17) is 4.74 Å². The van der Waals surface area contributed by atoms with E-state index in [0.717, 1.165) is 0 Å². The largest absolute Gasteiger partial charge is 0.444 e. The summed E-state index contributed by atoms with van der Waals surface area (Å²) >= 11 is 0. The van der Waals surface area contributed by atoms with Gasteiger partial charge in [0.25, 0.3) is 21.8 Å². The molecule has 2 amide bonds. The number of alkyl carbamates (subject to hydrolysis) is 1. The van der Waals surface area contributed by atoms with Gasteiger partial charge in [0.05, 0.1) is 11.8 Å². The zero-order chi connectivity index (χ0) is 23.8. The van der Waals surface area contributed by atoms with Crippen LogP contribution in [0.1, 0.15) is 36.7 Å². The summed E-state index contributed by atoms with van der Waals surface area (Å²) in [5.41, 5.74) is 1.33. The Bertz CT molecular complexity index is 1080. The third-order valence-electron chi connectivity index (χ3n) is 3.74. The fraction of sp³-hybridized carbons (Fsp3) is 0.300. The molecule has 0 unspecified atom stereocenters. The molecule has 2 rings (SSSR count). The van der Waals surface area contributed by atoms with E-state index in [2.05, 4.69) is 20.7 Å². The molecule has 0 aliphatic rings. The van der Waals surface area contributed by atoms with E-state index in [9.17, 15) is 22.6 Å². The zero-order valence-corrected chi connectivity index (χ0v) is 18.7. The number of benzene rings is 1. The van der Waals surface area contributed by atoms with Crippen LogP contribution in [-0.4, -0.2) is 54.9 Å². The molecule has 2 aromatic rings. The van der Waals surface area contributed by atoms with Crippen LogP contribution in [-0.2, 0) is 14.9 Å². The number of ether oxygens (including phenoxy) is 1. The van der Waals surface area contributed by atoms with E-state index in [-0.39, 0.29) is 29.5 Å². The molecule has 11 nitrogen and oxygen atoms in total. The minimum atomic E-state index is -4.36. The molecule has 1 heterocycles. The summed E-state index contributed by atoms with van der Waals surface area (Å²) in [7, 11) is -4.36. The second-order valence-electron chi connectivity index (χ2n) is 7.58. The summed E-state index contributed by atoms with van der Waals surface area (Å²) in [6, 6.07) is 9.00. The monoisotopic (exact) mass is 464 g/mol. The first-order chi connectivity index (χ1) is 15.0. The predicted octanol–water partition coefficient (Wildman–Crippen LogP) is 0.812. The fourth-order valence-electron chi connectivity index (χ4n) is 2.39. The van der Waals surface area contributed by atoms with Crippen molar-refractivity contribution in [2.75, 3.05) is 13.1 Å². The number of nitrogens with one attached hydrogen (secondary N) is 2. The van der Waals surface area contributed by atoms with Crippen LogP contribution in [0.2, 0.25) is 0 Å². The van der Waals surface area contributed by atoms with Gasteiger partial charge in [-0.2, -0.15) is 13.8 Å². The number of carbonyl (C=O) groups excluding carboxylic acids is 2. The van der Waals surface area contributed by atoms with Gasteiger partial charge < -0.3 is 15.4 Å². The topological polar surface area (TPSA) is 164 Å². The summed E-state index contributed by atoms with van der Waals surface area (Å²) in [6.45, 7) is 5.69. The van der Waals surface area contributed by atoms with Crippen molar-refractivity contribution in [3.8, 4) is 0 Å². The molecule has 0 atom stereocenters. The number of amides is 2. The summed E-state index contributed by atoms with van der Waals surface area (Å²) in [4.78, 5) is 27.5. The molecule has 12 heteroatoms. The minimum Gasteiger partial charge on any atom is -0.444 e. The quantitative estimate of drug-likeness (QED) is 0.148. The fourth-order valence-corrected chi connectivity index (χ4v) is 3.06. The molecule has 172 valence electrons. The Morgan fingerprint density at radius 2 is 1.84 bits per heavy atom. The number of hydrogen-bond acceptors (Lipinski definition) is 7. The molecule has 32 heavy (non-hydrogen) atoms. The van der Waals surface area contributed by atoms with Gasteiger partial charge in [-0.15, -0.1) is 0 Å². The normalized spacial score (nSPS) is 11.9. The number of carbonyl (C=O) groups is 2. The van der Waals surface area contributed by atoms with Gasteiger partial charge in [-0.1, -0.05) is 23.3 Å². The van der Waals surface area contributed by atoms with E-state index in [0.29, 0.717) is 11.4 Å². The molecule has 0 aliphatic heterocycles. The maximum atomic E-state index is 12.1. The van der Waals surface area contributed by atoms with E-state index in [1.54, 1.807) is 39.0 Å². The van der Waals surface area contributed by atoms with Crippen LogP contribution in [0.5, 0.6) is 0 Å². The van der Waals surface area contributed by atoms with Crippen molar-refractivity contribution in [2.45, 2.75) is 31.3 Å². The number of nitrogens with two attached hydrogens (primary N) is 1. The van der Waals surface area contributed by atoms with Crippen LogP contribution in [0.15, 0.2) is 52.6 Å². The van der Waals surface area contributed by atoms with Crippen molar-refractivity contribution >= 4 is 34.2 Å². The van der Waals surface area contributed by atoms with Gasteiger partial charge in [-0.3, -0.25) is 9.35 Å². The van der Waals surface area contributed by atoms with Crippen molar-refractivity contribution < 1.29 is 32.7 Å². The average Bonchev–Trinajstić information content (AvgIpc) is 2.70. The summed E-state index contributed by atoms with van der Waals surface area (Å²) in [5, 5.41) is 9.21. The third-order valence-corrected chi connectivity index (χ3v) is 4.67. The van der Waals surface area contributed by atoms with Gasteiger partial charge in [0.2, 0.25) is 0 Å². The molecule has 0 saturated heterocycles.